The summed E-state index contributed by atoms with van der Waals surface area (Å²) in [5.41, 5.74) is 0. The maximum Gasteiger partial charge on any atom is 0.0813 e. The van der Waals surface area contributed by atoms with Gasteiger partial charge in [0.15, 0.2) is 0 Å². The van der Waals surface area contributed by atoms with E-state index in [0.29, 0.717) is 18.8 Å². The molecule has 0 bridgehead atoms. The van der Waals surface area contributed by atoms with Gasteiger partial charge in [-0.25, -0.2) is 0 Å². The lowest BCUT2D eigenvalue weighted by Crippen LogP contribution is -2.24. The van der Waals surface area contributed by atoms with Gasteiger partial charge in [0.05, 0.1) is 37.6 Å². The van der Waals surface area contributed by atoms with Crippen molar-refractivity contribution < 1.29 is 18.9 Å². The van der Waals surface area contributed by atoms with Crippen molar-refractivity contribution in [2.24, 2.45) is 0 Å². The van der Waals surface area contributed by atoms with Crippen LogP contribution in [-0.4, -0.2) is 51.3 Å². The summed E-state index contributed by atoms with van der Waals surface area (Å²) < 4.78 is 22.4. The Morgan fingerprint density at radius 3 is 2.67 bits per heavy atom. The van der Waals surface area contributed by atoms with Gasteiger partial charge in [-0.2, -0.15) is 0 Å². The first kappa shape index (κ1) is 14.3. The van der Waals surface area contributed by atoms with Crippen molar-refractivity contribution in [2.75, 3.05) is 26.9 Å². The van der Waals surface area contributed by atoms with Crippen molar-refractivity contribution >= 4 is 0 Å². The van der Waals surface area contributed by atoms with Gasteiger partial charge in [0.25, 0.3) is 0 Å². The summed E-state index contributed by atoms with van der Waals surface area (Å²) in [6.07, 6.45) is 6.72. The molecule has 2 saturated heterocycles. The molecule has 0 aromatic heterocycles. The monoisotopic (exact) mass is 258 g/mol. The molecule has 0 aromatic carbocycles. The van der Waals surface area contributed by atoms with Crippen LogP contribution in [0.5, 0.6) is 0 Å². The van der Waals surface area contributed by atoms with E-state index in [-0.39, 0.29) is 12.2 Å². The van der Waals surface area contributed by atoms with Crippen LogP contribution in [0.4, 0.5) is 0 Å². The molecule has 2 fully saturated rings. The Hall–Kier alpha value is -0.160. The van der Waals surface area contributed by atoms with E-state index in [2.05, 4.69) is 6.92 Å². The molecule has 2 rings (SSSR count). The van der Waals surface area contributed by atoms with Gasteiger partial charge in [0, 0.05) is 13.7 Å². The van der Waals surface area contributed by atoms with E-state index < -0.39 is 0 Å². The minimum Gasteiger partial charge on any atom is -0.382 e. The SMILES string of the molecule is COC[C@H]1CCC(CC(C)OCC2CCCO2)O1. The van der Waals surface area contributed by atoms with Crippen molar-refractivity contribution in [3.05, 3.63) is 0 Å². The summed E-state index contributed by atoms with van der Waals surface area (Å²) in [5.74, 6) is 0. The van der Waals surface area contributed by atoms with Crippen LogP contribution in [0.3, 0.4) is 0 Å². The predicted molar refractivity (Wildman–Crippen MR) is 68.8 cm³/mol. The zero-order valence-electron chi connectivity index (χ0n) is 11.6. The van der Waals surface area contributed by atoms with E-state index in [4.69, 9.17) is 18.9 Å². The molecule has 2 aliphatic rings. The first-order valence-electron chi connectivity index (χ1n) is 7.15. The third-order valence-corrected chi connectivity index (χ3v) is 3.73. The van der Waals surface area contributed by atoms with Gasteiger partial charge in [-0.1, -0.05) is 0 Å². The number of hydrogen-bond donors (Lipinski definition) is 0. The Morgan fingerprint density at radius 2 is 1.94 bits per heavy atom. The second kappa shape index (κ2) is 7.43. The zero-order chi connectivity index (χ0) is 12.8. The lowest BCUT2D eigenvalue weighted by atomic mass is 10.1. The van der Waals surface area contributed by atoms with E-state index in [0.717, 1.165) is 38.9 Å². The number of rotatable bonds is 7. The third-order valence-electron chi connectivity index (χ3n) is 3.73. The number of ether oxygens (including phenoxy) is 4. The molecule has 4 atom stereocenters. The molecule has 0 radical (unpaired) electrons. The van der Waals surface area contributed by atoms with Crippen LogP contribution in [-0.2, 0) is 18.9 Å². The lowest BCUT2D eigenvalue weighted by molar-refractivity contribution is -0.0505. The molecular formula is C14H26O4. The van der Waals surface area contributed by atoms with Gasteiger partial charge in [-0.15, -0.1) is 0 Å². The molecule has 0 aromatic rings. The van der Waals surface area contributed by atoms with Crippen LogP contribution in [0.1, 0.15) is 39.0 Å². The zero-order valence-corrected chi connectivity index (χ0v) is 11.6. The topological polar surface area (TPSA) is 36.9 Å². The van der Waals surface area contributed by atoms with E-state index in [1.165, 1.54) is 6.42 Å². The van der Waals surface area contributed by atoms with Crippen LogP contribution in [0.2, 0.25) is 0 Å². The van der Waals surface area contributed by atoms with Crippen LogP contribution in [0, 0.1) is 0 Å². The Labute approximate surface area is 110 Å². The fourth-order valence-corrected chi connectivity index (χ4v) is 2.75. The van der Waals surface area contributed by atoms with Gasteiger partial charge in [0.2, 0.25) is 0 Å². The van der Waals surface area contributed by atoms with Crippen molar-refractivity contribution in [1.82, 2.24) is 0 Å². The molecule has 18 heavy (non-hydrogen) atoms. The normalized spacial score (nSPS) is 34.0. The summed E-state index contributed by atoms with van der Waals surface area (Å²) in [6.45, 7) is 4.46. The molecule has 2 heterocycles. The highest BCUT2D eigenvalue weighted by molar-refractivity contribution is 4.75. The molecule has 0 aliphatic carbocycles. The van der Waals surface area contributed by atoms with Gasteiger partial charge >= 0.3 is 0 Å². The van der Waals surface area contributed by atoms with Crippen molar-refractivity contribution in [1.29, 1.82) is 0 Å². The summed E-state index contributed by atoms with van der Waals surface area (Å²) in [5, 5.41) is 0. The quantitative estimate of drug-likeness (QED) is 0.701. The second-order valence-corrected chi connectivity index (χ2v) is 5.43. The van der Waals surface area contributed by atoms with E-state index >= 15 is 0 Å². The smallest absolute Gasteiger partial charge is 0.0813 e. The Morgan fingerprint density at radius 1 is 1.11 bits per heavy atom. The van der Waals surface area contributed by atoms with Gasteiger partial charge < -0.3 is 18.9 Å². The predicted octanol–water partition coefficient (Wildman–Crippen LogP) is 2.15. The van der Waals surface area contributed by atoms with E-state index in [9.17, 15) is 0 Å². The molecule has 4 heteroatoms. The van der Waals surface area contributed by atoms with Crippen molar-refractivity contribution in [3.8, 4) is 0 Å². The lowest BCUT2D eigenvalue weighted by Gasteiger charge is -2.20. The Kier molecular flexibility index (Phi) is 5.89. The van der Waals surface area contributed by atoms with Crippen LogP contribution in [0.25, 0.3) is 0 Å². The Balaban J connectivity index is 1.57. The average molecular weight is 258 g/mol. The highest BCUT2D eigenvalue weighted by Gasteiger charge is 2.27. The molecular weight excluding hydrogens is 232 g/mol. The largest absolute Gasteiger partial charge is 0.382 e. The molecule has 106 valence electrons. The summed E-state index contributed by atoms with van der Waals surface area (Å²) in [4.78, 5) is 0. The fourth-order valence-electron chi connectivity index (χ4n) is 2.75. The van der Waals surface area contributed by atoms with Crippen LogP contribution >= 0.6 is 0 Å². The molecule has 2 aliphatic heterocycles. The fraction of sp³-hybridized carbons (Fsp3) is 1.00. The highest BCUT2D eigenvalue weighted by Crippen LogP contribution is 2.24. The maximum absolute atomic E-state index is 5.91. The molecule has 0 N–H and O–H groups in total. The minimum atomic E-state index is 0.250. The first-order chi connectivity index (χ1) is 8.78. The molecule has 3 unspecified atom stereocenters. The molecule has 0 spiro atoms. The summed E-state index contributed by atoms with van der Waals surface area (Å²) in [6, 6.07) is 0. The first-order valence-corrected chi connectivity index (χ1v) is 7.15. The van der Waals surface area contributed by atoms with E-state index in [1.807, 2.05) is 0 Å². The second-order valence-electron chi connectivity index (χ2n) is 5.43. The maximum atomic E-state index is 5.91. The van der Waals surface area contributed by atoms with Gasteiger partial charge in [0.1, 0.15) is 0 Å². The molecule has 0 amide bonds. The standard InChI is InChI=1S/C14H26O4/c1-11(17-10-13-4-3-7-16-13)8-12-5-6-14(18-12)9-15-2/h11-14H,3-10H2,1-2H3/t11?,12?,13?,14-/m1/s1. The average Bonchev–Trinajstić information content (AvgIpc) is 2.99. The minimum absolute atomic E-state index is 0.250. The Bertz CT molecular complexity index is 228. The molecule has 4 nitrogen and oxygen atoms in total. The summed E-state index contributed by atoms with van der Waals surface area (Å²) in [7, 11) is 1.73. The van der Waals surface area contributed by atoms with Crippen molar-refractivity contribution in [3.63, 3.8) is 0 Å². The highest BCUT2D eigenvalue weighted by atomic mass is 16.5. The van der Waals surface area contributed by atoms with Gasteiger partial charge in [-0.3, -0.25) is 0 Å². The molecule has 0 saturated carbocycles. The summed E-state index contributed by atoms with van der Waals surface area (Å²) >= 11 is 0. The number of hydrogen-bond acceptors (Lipinski definition) is 4. The van der Waals surface area contributed by atoms with Crippen LogP contribution in [0.15, 0.2) is 0 Å². The van der Waals surface area contributed by atoms with E-state index in [1.54, 1.807) is 7.11 Å². The van der Waals surface area contributed by atoms with Crippen molar-refractivity contribution in [2.45, 2.75) is 63.4 Å². The third kappa shape index (κ3) is 4.50. The van der Waals surface area contributed by atoms with Gasteiger partial charge in [-0.05, 0) is 39.0 Å². The number of methoxy groups -OCH3 is 1. The van der Waals surface area contributed by atoms with Crippen LogP contribution < -0.4 is 0 Å².